The van der Waals surface area contributed by atoms with Crippen LogP contribution in [0.2, 0.25) is 0 Å². The van der Waals surface area contributed by atoms with E-state index in [1.165, 1.54) is 38.0 Å². The number of hydrogen-bond donors (Lipinski definition) is 0. The molecule has 3 aliphatic rings. The van der Waals surface area contributed by atoms with Gasteiger partial charge in [0.25, 0.3) is 0 Å². The summed E-state index contributed by atoms with van der Waals surface area (Å²) >= 11 is 0. The lowest BCUT2D eigenvalue weighted by Crippen LogP contribution is -2.19. The van der Waals surface area contributed by atoms with Crippen molar-refractivity contribution in [2.45, 2.75) is 31.1 Å². The number of allylic oxidation sites excluding steroid dienone is 2. The quantitative estimate of drug-likeness (QED) is 0.643. The fraction of sp³-hybridized carbons (Fsp3) is 0.467. The van der Waals surface area contributed by atoms with E-state index in [0.717, 1.165) is 11.8 Å². The Morgan fingerprint density at radius 3 is 2.69 bits per heavy atom. The average molecular weight is 211 g/mol. The molecule has 0 spiro atoms. The van der Waals surface area contributed by atoms with Crippen LogP contribution >= 0.6 is 0 Å². The summed E-state index contributed by atoms with van der Waals surface area (Å²) in [7, 11) is 0. The third-order valence-electron chi connectivity index (χ3n) is 4.42. The minimum atomic E-state index is 0.719. The number of benzene rings is 1. The summed E-state index contributed by atoms with van der Waals surface area (Å²) in [5, 5.41) is 0. The third-order valence-corrected chi connectivity index (χ3v) is 4.42. The zero-order chi connectivity index (χ0) is 10.5. The monoisotopic (exact) mass is 211 g/mol. The molecule has 0 amide bonds. The molecule has 1 heteroatoms. The van der Waals surface area contributed by atoms with Crippen molar-refractivity contribution in [3.05, 3.63) is 41.5 Å². The molecule has 0 radical (unpaired) electrons. The summed E-state index contributed by atoms with van der Waals surface area (Å²) < 4.78 is 0. The largest absolute Gasteiger partial charge is 0.371 e. The van der Waals surface area contributed by atoms with Crippen LogP contribution in [0.3, 0.4) is 0 Å². The average Bonchev–Trinajstić information content (AvgIpc) is 3.06. The van der Waals surface area contributed by atoms with Crippen LogP contribution in [0.4, 0.5) is 5.69 Å². The maximum Gasteiger partial charge on any atom is 0.0407 e. The highest BCUT2D eigenvalue weighted by molar-refractivity contribution is 5.65. The Morgan fingerprint density at radius 1 is 1.00 bits per heavy atom. The highest BCUT2D eigenvalue weighted by Crippen LogP contribution is 2.51. The number of nitrogens with zero attached hydrogens (tertiary/aromatic N) is 1. The van der Waals surface area contributed by atoms with E-state index in [9.17, 15) is 0 Å². The number of rotatable bonds is 1. The van der Waals surface area contributed by atoms with Gasteiger partial charge in [0.15, 0.2) is 0 Å². The normalized spacial score (nSPS) is 30.1. The maximum atomic E-state index is 2.59. The Bertz CT molecular complexity index is 455. The molecule has 1 aromatic carbocycles. The van der Waals surface area contributed by atoms with E-state index in [2.05, 4.69) is 35.3 Å². The summed E-state index contributed by atoms with van der Waals surface area (Å²) in [5.74, 6) is 1.44. The van der Waals surface area contributed by atoms with Gasteiger partial charge in [-0.1, -0.05) is 24.3 Å². The predicted octanol–water partition coefficient (Wildman–Crippen LogP) is 3.43. The summed E-state index contributed by atoms with van der Waals surface area (Å²) in [6, 6.07) is 6.92. The maximum absolute atomic E-state index is 2.59. The molecule has 2 bridgehead atoms. The minimum absolute atomic E-state index is 0.719. The van der Waals surface area contributed by atoms with Crippen LogP contribution in [0.25, 0.3) is 0 Å². The van der Waals surface area contributed by atoms with Crippen molar-refractivity contribution in [2.75, 3.05) is 18.0 Å². The first-order chi connectivity index (χ1) is 7.93. The van der Waals surface area contributed by atoms with Gasteiger partial charge in [-0.3, -0.25) is 0 Å². The molecule has 1 saturated heterocycles. The first-order valence-electron chi connectivity index (χ1n) is 6.49. The predicted molar refractivity (Wildman–Crippen MR) is 67.1 cm³/mol. The van der Waals surface area contributed by atoms with Crippen molar-refractivity contribution in [1.82, 2.24) is 0 Å². The number of hydrogen-bond acceptors (Lipinski definition) is 1. The summed E-state index contributed by atoms with van der Waals surface area (Å²) in [6.07, 6.45) is 8.90. The standard InChI is InChI=1S/C15H17N/c1-2-9-16(8-1)14-5-3-4-13-11-6-7-12(10-11)15(13)14/h3-7,11-12H,1-2,8-10H2. The smallest absolute Gasteiger partial charge is 0.0407 e. The molecule has 1 fully saturated rings. The van der Waals surface area contributed by atoms with Crippen molar-refractivity contribution >= 4 is 5.69 Å². The zero-order valence-corrected chi connectivity index (χ0v) is 9.52. The molecule has 1 heterocycles. The lowest BCUT2D eigenvalue weighted by Gasteiger charge is -2.24. The highest BCUT2D eigenvalue weighted by Gasteiger charge is 2.35. The van der Waals surface area contributed by atoms with Crippen LogP contribution in [0.5, 0.6) is 0 Å². The second kappa shape index (κ2) is 3.13. The molecule has 0 aromatic heterocycles. The van der Waals surface area contributed by atoms with E-state index in [1.54, 1.807) is 11.1 Å². The molecule has 0 N–H and O–H groups in total. The molecule has 4 rings (SSSR count). The Kier molecular flexibility index (Phi) is 1.73. The van der Waals surface area contributed by atoms with Gasteiger partial charge >= 0.3 is 0 Å². The fourth-order valence-electron chi connectivity index (χ4n) is 3.68. The zero-order valence-electron chi connectivity index (χ0n) is 9.52. The van der Waals surface area contributed by atoms with E-state index in [1.807, 2.05) is 0 Å². The minimum Gasteiger partial charge on any atom is -0.371 e. The lowest BCUT2D eigenvalue weighted by molar-refractivity contribution is 0.802. The van der Waals surface area contributed by atoms with E-state index in [0.29, 0.717) is 0 Å². The molecular formula is C15H17N. The van der Waals surface area contributed by atoms with Gasteiger partial charge in [0, 0.05) is 30.6 Å². The molecular weight excluding hydrogens is 194 g/mol. The van der Waals surface area contributed by atoms with Crippen molar-refractivity contribution in [3.8, 4) is 0 Å². The van der Waals surface area contributed by atoms with E-state index in [-0.39, 0.29) is 0 Å². The second-order valence-corrected chi connectivity index (χ2v) is 5.31. The SMILES string of the molecule is C1=CC2CC1c1cccc(N3CCCC3)c12. The molecule has 16 heavy (non-hydrogen) atoms. The topological polar surface area (TPSA) is 3.24 Å². The van der Waals surface area contributed by atoms with Gasteiger partial charge in [0.1, 0.15) is 0 Å². The molecule has 1 aromatic rings. The van der Waals surface area contributed by atoms with E-state index >= 15 is 0 Å². The van der Waals surface area contributed by atoms with Crippen LogP contribution in [0, 0.1) is 0 Å². The number of anilines is 1. The van der Waals surface area contributed by atoms with Gasteiger partial charge in [0.05, 0.1) is 0 Å². The van der Waals surface area contributed by atoms with E-state index < -0.39 is 0 Å². The summed E-state index contributed by atoms with van der Waals surface area (Å²) in [6.45, 7) is 2.52. The summed E-state index contributed by atoms with van der Waals surface area (Å²) in [5.41, 5.74) is 4.79. The Balaban J connectivity index is 1.84. The second-order valence-electron chi connectivity index (χ2n) is 5.31. The first kappa shape index (κ1) is 8.86. The molecule has 1 aliphatic heterocycles. The Hall–Kier alpha value is -1.24. The highest BCUT2D eigenvalue weighted by atomic mass is 15.1. The van der Waals surface area contributed by atoms with Crippen LogP contribution in [-0.4, -0.2) is 13.1 Å². The Labute approximate surface area is 96.8 Å². The van der Waals surface area contributed by atoms with Gasteiger partial charge in [0.2, 0.25) is 0 Å². The van der Waals surface area contributed by atoms with Gasteiger partial charge in [-0.25, -0.2) is 0 Å². The van der Waals surface area contributed by atoms with Crippen LogP contribution in [-0.2, 0) is 0 Å². The molecule has 2 aliphatic carbocycles. The molecule has 0 saturated carbocycles. The Morgan fingerprint density at radius 2 is 1.81 bits per heavy atom. The molecule has 1 nitrogen and oxygen atoms in total. The van der Waals surface area contributed by atoms with Crippen molar-refractivity contribution in [3.63, 3.8) is 0 Å². The third kappa shape index (κ3) is 1.06. The van der Waals surface area contributed by atoms with Gasteiger partial charge < -0.3 is 4.90 Å². The lowest BCUT2D eigenvalue weighted by atomic mass is 9.95. The van der Waals surface area contributed by atoms with Gasteiger partial charge in [-0.2, -0.15) is 0 Å². The van der Waals surface area contributed by atoms with Crippen LogP contribution in [0.15, 0.2) is 30.4 Å². The summed E-state index contributed by atoms with van der Waals surface area (Å²) in [4.78, 5) is 2.59. The molecule has 2 unspecified atom stereocenters. The van der Waals surface area contributed by atoms with E-state index in [4.69, 9.17) is 0 Å². The van der Waals surface area contributed by atoms with Crippen molar-refractivity contribution in [2.24, 2.45) is 0 Å². The van der Waals surface area contributed by atoms with Crippen LogP contribution in [0.1, 0.15) is 42.2 Å². The first-order valence-corrected chi connectivity index (χ1v) is 6.49. The van der Waals surface area contributed by atoms with Crippen molar-refractivity contribution in [1.29, 1.82) is 0 Å². The van der Waals surface area contributed by atoms with Gasteiger partial charge in [-0.05, 0) is 36.5 Å². The van der Waals surface area contributed by atoms with Crippen molar-refractivity contribution < 1.29 is 0 Å². The fourth-order valence-corrected chi connectivity index (χ4v) is 3.68. The molecule has 82 valence electrons. The number of fused-ring (bicyclic) bond motifs is 5. The van der Waals surface area contributed by atoms with Gasteiger partial charge in [-0.15, -0.1) is 0 Å². The molecule has 2 atom stereocenters. The van der Waals surface area contributed by atoms with Crippen LogP contribution < -0.4 is 4.90 Å².